The van der Waals surface area contributed by atoms with Crippen LogP contribution in [-0.4, -0.2) is 15.1 Å². The molecule has 1 aliphatic rings. The minimum absolute atomic E-state index is 0. The van der Waals surface area contributed by atoms with E-state index in [1.807, 2.05) is 30.5 Å². The maximum Gasteiger partial charge on any atom is 0.140 e. The van der Waals surface area contributed by atoms with Crippen molar-refractivity contribution < 1.29 is 26.2 Å². The van der Waals surface area contributed by atoms with Gasteiger partial charge >= 0.3 is 0 Å². The van der Waals surface area contributed by atoms with Gasteiger partial charge in [0.15, 0.2) is 0 Å². The molecule has 4 nitrogen and oxygen atoms in total. The molecule has 5 heteroatoms. The van der Waals surface area contributed by atoms with Gasteiger partial charge in [-0.3, -0.25) is 4.98 Å². The maximum atomic E-state index is 10.4. The van der Waals surface area contributed by atoms with Crippen LogP contribution in [0.15, 0.2) is 85.1 Å². The molecule has 1 N–H and O–H groups in total. The van der Waals surface area contributed by atoms with E-state index in [0.29, 0.717) is 5.52 Å². The molecule has 2 aromatic heterocycles. The summed E-state index contributed by atoms with van der Waals surface area (Å²) in [4.78, 5) is 11.9. The van der Waals surface area contributed by atoms with Gasteiger partial charge in [0.05, 0.1) is 0 Å². The Morgan fingerprint density at radius 2 is 1.66 bits per heavy atom. The van der Waals surface area contributed by atoms with Gasteiger partial charge in [-0.15, -0.1) is 23.8 Å². The molecule has 6 rings (SSSR count). The van der Waals surface area contributed by atoms with Gasteiger partial charge < -0.3 is 10.0 Å². The number of hydrogen-bond donors (Lipinski definition) is 1. The van der Waals surface area contributed by atoms with Crippen LogP contribution in [0.3, 0.4) is 0 Å². The molecule has 1 aliphatic heterocycles. The number of aromatic hydroxyl groups is 1. The maximum absolute atomic E-state index is 10.4. The summed E-state index contributed by atoms with van der Waals surface area (Å²) in [6, 6.07) is 30.3. The first-order valence-corrected chi connectivity index (χ1v) is 12.7. The van der Waals surface area contributed by atoms with Crippen LogP contribution in [0, 0.1) is 6.07 Å². The van der Waals surface area contributed by atoms with Crippen LogP contribution < -0.4 is 4.90 Å². The van der Waals surface area contributed by atoms with Crippen molar-refractivity contribution in [1.82, 2.24) is 9.97 Å². The summed E-state index contributed by atoms with van der Waals surface area (Å²) >= 11 is 0. The van der Waals surface area contributed by atoms with Gasteiger partial charge in [0.1, 0.15) is 17.1 Å². The molecule has 0 fully saturated rings. The van der Waals surface area contributed by atoms with Gasteiger partial charge in [0.2, 0.25) is 0 Å². The Labute approximate surface area is 238 Å². The van der Waals surface area contributed by atoms with Crippen LogP contribution in [-0.2, 0) is 31.9 Å². The van der Waals surface area contributed by atoms with Crippen molar-refractivity contribution in [2.24, 2.45) is 0 Å². The minimum atomic E-state index is -0.214. The van der Waals surface area contributed by atoms with Crippen LogP contribution in [0.25, 0.3) is 22.2 Å². The van der Waals surface area contributed by atoms with E-state index >= 15 is 0 Å². The third-order valence-corrected chi connectivity index (χ3v) is 7.46. The van der Waals surface area contributed by atoms with E-state index in [1.165, 1.54) is 16.7 Å². The second-order valence-electron chi connectivity index (χ2n) is 11.3. The first-order valence-electron chi connectivity index (χ1n) is 12.7. The summed E-state index contributed by atoms with van der Waals surface area (Å²) in [5.74, 6) is 1.05. The van der Waals surface area contributed by atoms with E-state index < -0.39 is 0 Å². The number of para-hydroxylation sites is 2. The van der Waals surface area contributed by atoms with Crippen LogP contribution in [0.2, 0.25) is 0 Å². The van der Waals surface area contributed by atoms with Crippen molar-refractivity contribution in [3.8, 4) is 17.0 Å². The molecule has 3 aromatic carbocycles. The summed E-state index contributed by atoms with van der Waals surface area (Å²) in [5.41, 5.74) is 7.75. The second kappa shape index (κ2) is 9.36. The first-order chi connectivity index (χ1) is 17.6. The number of pyridine rings is 2. The monoisotopic (exact) mass is 679 g/mol. The van der Waals surface area contributed by atoms with Crippen molar-refractivity contribution in [3.05, 3.63) is 108 Å². The molecule has 0 saturated heterocycles. The molecular formula is C33H30N3OPt-. The Bertz CT molecular complexity index is 1670. The zero-order valence-corrected chi connectivity index (χ0v) is 24.5. The minimum Gasteiger partial charge on any atom is -0.506 e. The zero-order chi connectivity index (χ0) is 25.9. The molecule has 0 saturated carbocycles. The molecule has 38 heavy (non-hydrogen) atoms. The molecule has 0 atom stereocenters. The number of anilines is 3. The van der Waals surface area contributed by atoms with Crippen molar-refractivity contribution in [2.75, 3.05) is 4.90 Å². The summed E-state index contributed by atoms with van der Waals surface area (Å²) in [6.07, 6.45) is 1.90. The fraction of sp³-hybridized carbons (Fsp3) is 0.212. The van der Waals surface area contributed by atoms with Crippen LogP contribution >= 0.6 is 0 Å². The van der Waals surface area contributed by atoms with Crippen molar-refractivity contribution in [3.63, 3.8) is 0 Å². The number of nitrogens with zero attached hydrogens (tertiary/aromatic N) is 3. The van der Waals surface area contributed by atoms with Crippen LogP contribution in [0.5, 0.6) is 5.75 Å². The smallest absolute Gasteiger partial charge is 0.140 e. The van der Waals surface area contributed by atoms with Gasteiger partial charge in [0.25, 0.3) is 0 Å². The van der Waals surface area contributed by atoms with Crippen LogP contribution in [0.1, 0.15) is 51.3 Å². The average molecular weight is 680 g/mol. The number of phenolic OH excluding ortho intramolecular Hbond substituents is 1. The molecule has 5 aromatic rings. The Balaban J connectivity index is 0.00000294. The largest absolute Gasteiger partial charge is 0.506 e. The number of benzene rings is 3. The fourth-order valence-corrected chi connectivity index (χ4v) is 5.30. The number of hydrogen-bond acceptors (Lipinski definition) is 4. The van der Waals surface area contributed by atoms with E-state index in [1.54, 1.807) is 6.07 Å². The van der Waals surface area contributed by atoms with E-state index in [0.717, 1.165) is 33.8 Å². The van der Waals surface area contributed by atoms with E-state index in [-0.39, 0.29) is 37.6 Å². The van der Waals surface area contributed by atoms with Gasteiger partial charge in [-0.1, -0.05) is 82.6 Å². The Kier molecular flexibility index (Phi) is 6.44. The van der Waals surface area contributed by atoms with Crippen molar-refractivity contribution in [2.45, 2.75) is 45.4 Å². The Hall–Kier alpha value is -3.49. The van der Waals surface area contributed by atoms with Gasteiger partial charge in [-0.25, -0.2) is 4.98 Å². The van der Waals surface area contributed by atoms with Crippen molar-refractivity contribution in [1.29, 1.82) is 0 Å². The molecule has 0 spiro atoms. The van der Waals surface area contributed by atoms with E-state index in [4.69, 9.17) is 9.97 Å². The topological polar surface area (TPSA) is 49.2 Å². The normalized spacial score (nSPS) is 14.0. The predicted molar refractivity (Wildman–Crippen MR) is 151 cm³/mol. The molecule has 0 aliphatic carbocycles. The molecule has 0 radical (unpaired) electrons. The van der Waals surface area contributed by atoms with Crippen LogP contribution in [0.4, 0.5) is 17.2 Å². The van der Waals surface area contributed by atoms with Gasteiger partial charge in [0, 0.05) is 38.3 Å². The first kappa shape index (κ1) is 26.1. The van der Waals surface area contributed by atoms with E-state index in [2.05, 4.69) is 94.1 Å². The quantitative estimate of drug-likeness (QED) is 0.191. The van der Waals surface area contributed by atoms with E-state index in [9.17, 15) is 5.11 Å². The summed E-state index contributed by atoms with van der Waals surface area (Å²) in [5, 5.41) is 11.3. The molecule has 0 bridgehead atoms. The molecule has 0 amide bonds. The summed E-state index contributed by atoms with van der Waals surface area (Å²) in [7, 11) is 0. The Morgan fingerprint density at radius 3 is 2.45 bits per heavy atom. The third-order valence-electron chi connectivity index (χ3n) is 7.46. The summed E-state index contributed by atoms with van der Waals surface area (Å²) < 4.78 is 0. The van der Waals surface area contributed by atoms with Crippen molar-refractivity contribution >= 4 is 28.1 Å². The van der Waals surface area contributed by atoms with Gasteiger partial charge in [-0.2, -0.15) is 0 Å². The number of rotatable bonds is 2. The zero-order valence-electron chi connectivity index (χ0n) is 22.2. The number of phenols is 1. The molecular weight excluding hydrogens is 649 g/mol. The second-order valence-corrected chi connectivity index (χ2v) is 11.3. The van der Waals surface area contributed by atoms with Gasteiger partial charge in [-0.05, 0) is 57.6 Å². The Morgan fingerprint density at radius 1 is 0.868 bits per heavy atom. The molecule has 0 unspecified atom stereocenters. The average Bonchev–Trinajstić information content (AvgIpc) is 2.88. The summed E-state index contributed by atoms with van der Waals surface area (Å²) in [6.45, 7) is 11.2. The SMILES string of the molecule is CC(C)(C)c1ccnc(N2c3[c-]c(-c4ccc5cccc(O)c5n4)ccc3C(C)(C)c3ccccc32)c1.[Pt]. The predicted octanol–water partition coefficient (Wildman–Crippen LogP) is 8.21. The molecule has 3 heterocycles. The number of aromatic nitrogens is 2. The fourth-order valence-electron chi connectivity index (χ4n) is 5.30. The number of fused-ring (bicyclic) bond motifs is 3. The third kappa shape index (κ3) is 4.21. The molecule has 194 valence electrons. The standard InChI is InChI=1S/C33H30N3O.Pt/c1-32(2,3)23-17-18-34-30(20-23)36-27-11-7-6-10-24(27)33(4,5)25-15-13-22(19-28(25)36)26-16-14-21-9-8-12-29(37)31(21)35-26;/h6-18,20,37H,1-5H3;/q-1;.